The third-order valence-corrected chi connectivity index (χ3v) is 6.58. The second-order valence-corrected chi connectivity index (χ2v) is 8.39. The van der Waals surface area contributed by atoms with Crippen LogP contribution in [0.5, 0.6) is 0 Å². The molecule has 29 heavy (non-hydrogen) atoms. The van der Waals surface area contributed by atoms with E-state index in [1.165, 1.54) is 24.0 Å². The van der Waals surface area contributed by atoms with Gasteiger partial charge in [0, 0.05) is 12.5 Å². The summed E-state index contributed by atoms with van der Waals surface area (Å²) in [6.45, 7) is 8.31. The summed E-state index contributed by atoms with van der Waals surface area (Å²) in [5.41, 5.74) is 12.1. The first kappa shape index (κ1) is 19.8. The molecule has 2 fully saturated rings. The second kappa shape index (κ2) is 8.46. The Kier molecular flexibility index (Phi) is 5.77. The van der Waals surface area contributed by atoms with E-state index in [0.29, 0.717) is 24.1 Å². The van der Waals surface area contributed by atoms with Crippen molar-refractivity contribution in [2.45, 2.75) is 56.9 Å². The maximum absolute atomic E-state index is 13.4. The van der Waals surface area contributed by atoms with Gasteiger partial charge in [-0.05, 0) is 78.7 Å². The first-order valence-corrected chi connectivity index (χ1v) is 10.8. The molecule has 150 valence electrons. The largest absolute Gasteiger partial charge is 0.325 e. The van der Waals surface area contributed by atoms with Crippen molar-refractivity contribution in [2.24, 2.45) is 11.7 Å². The van der Waals surface area contributed by atoms with Gasteiger partial charge in [-0.2, -0.15) is 0 Å². The van der Waals surface area contributed by atoms with E-state index < -0.39 is 0 Å². The van der Waals surface area contributed by atoms with Gasteiger partial charge in [-0.3, -0.25) is 4.79 Å². The third-order valence-electron chi connectivity index (χ3n) is 6.58. The molecule has 0 radical (unpaired) electrons. The molecule has 0 atom stereocenters. The molecule has 4 rings (SSSR count). The van der Waals surface area contributed by atoms with Crippen molar-refractivity contribution in [1.82, 2.24) is 4.98 Å². The van der Waals surface area contributed by atoms with Gasteiger partial charge in [-0.25, -0.2) is 4.98 Å². The zero-order valence-corrected chi connectivity index (χ0v) is 17.1. The molecule has 2 saturated carbocycles. The number of pyridine rings is 1. The van der Waals surface area contributed by atoms with E-state index in [1.807, 2.05) is 18.2 Å². The zero-order valence-electron chi connectivity index (χ0n) is 17.1. The van der Waals surface area contributed by atoms with E-state index in [0.717, 1.165) is 42.5 Å². The summed E-state index contributed by atoms with van der Waals surface area (Å²) in [4.78, 5) is 18.0. The van der Waals surface area contributed by atoms with Crippen LogP contribution in [0.25, 0.3) is 12.2 Å². The predicted molar refractivity (Wildman–Crippen MR) is 120 cm³/mol. The van der Waals surface area contributed by atoms with Crippen molar-refractivity contribution in [3.05, 3.63) is 77.1 Å². The zero-order chi connectivity index (χ0) is 20.4. The maximum Gasteiger partial charge on any atom is 0.184 e. The molecule has 3 heteroatoms. The van der Waals surface area contributed by atoms with Crippen LogP contribution in [0.15, 0.2) is 43.5 Å². The number of Topliss-reactive ketones (excluding diaryl/α,β-unsaturated/α-hetero) is 1. The molecule has 0 saturated heterocycles. The minimum absolute atomic E-state index is 0.0686. The smallest absolute Gasteiger partial charge is 0.184 e. The van der Waals surface area contributed by atoms with Crippen molar-refractivity contribution >= 4 is 17.9 Å². The van der Waals surface area contributed by atoms with Crippen LogP contribution >= 0.6 is 0 Å². The number of benzene rings is 1. The maximum atomic E-state index is 13.4. The SMILES string of the molecule is C=Cc1cccc(C2CCC(C(=O)c3nc(CN)ccc3C3CC3)CC2)c1C=C. The molecule has 1 aromatic heterocycles. The third kappa shape index (κ3) is 3.97. The van der Waals surface area contributed by atoms with Gasteiger partial charge >= 0.3 is 0 Å². The molecule has 2 aromatic rings. The Bertz CT molecular complexity index is 934. The molecule has 2 N–H and O–H groups in total. The lowest BCUT2D eigenvalue weighted by atomic mass is 9.75. The number of rotatable bonds is 7. The lowest BCUT2D eigenvalue weighted by Crippen LogP contribution is -2.24. The number of nitrogens with two attached hydrogens (primary N) is 1. The van der Waals surface area contributed by atoms with Crippen molar-refractivity contribution in [3.63, 3.8) is 0 Å². The van der Waals surface area contributed by atoms with Crippen molar-refractivity contribution in [1.29, 1.82) is 0 Å². The topological polar surface area (TPSA) is 56.0 Å². The molecule has 0 aliphatic heterocycles. The number of carbonyl (C=O) groups is 1. The fraction of sp³-hybridized carbons (Fsp3) is 0.385. The predicted octanol–water partition coefficient (Wildman–Crippen LogP) is 5.86. The van der Waals surface area contributed by atoms with Crippen LogP contribution in [-0.2, 0) is 6.54 Å². The number of ketones is 1. The van der Waals surface area contributed by atoms with Crippen LogP contribution in [0.3, 0.4) is 0 Å². The van der Waals surface area contributed by atoms with E-state index >= 15 is 0 Å². The monoisotopic (exact) mass is 386 g/mol. The highest BCUT2D eigenvalue weighted by Gasteiger charge is 2.34. The van der Waals surface area contributed by atoms with E-state index in [1.54, 1.807) is 0 Å². The Morgan fingerprint density at radius 3 is 2.28 bits per heavy atom. The molecule has 0 spiro atoms. The highest BCUT2D eigenvalue weighted by molar-refractivity contribution is 5.97. The Morgan fingerprint density at radius 2 is 1.66 bits per heavy atom. The summed E-state index contributed by atoms with van der Waals surface area (Å²) in [6.07, 6.45) is 10.0. The molecule has 1 heterocycles. The average molecular weight is 387 g/mol. The van der Waals surface area contributed by atoms with Crippen LogP contribution in [0.1, 0.15) is 88.8 Å². The van der Waals surface area contributed by atoms with Gasteiger partial charge in [0.15, 0.2) is 5.78 Å². The summed E-state index contributed by atoms with van der Waals surface area (Å²) in [6, 6.07) is 10.4. The average Bonchev–Trinajstić information content (AvgIpc) is 3.63. The molecule has 0 bridgehead atoms. The summed E-state index contributed by atoms with van der Waals surface area (Å²) < 4.78 is 0. The number of nitrogens with zero attached hydrogens (tertiary/aromatic N) is 1. The van der Waals surface area contributed by atoms with Gasteiger partial charge in [0.25, 0.3) is 0 Å². The Labute approximate surface area is 173 Å². The summed E-state index contributed by atoms with van der Waals surface area (Å²) in [7, 11) is 0. The number of hydrogen-bond donors (Lipinski definition) is 1. The molecule has 0 amide bonds. The summed E-state index contributed by atoms with van der Waals surface area (Å²) in [5, 5.41) is 0. The van der Waals surface area contributed by atoms with Crippen LogP contribution in [0.2, 0.25) is 0 Å². The first-order chi connectivity index (χ1) is 14.2. The fourth-order valence-corrected chi connectivity index (χ4v) is 4.78. The van der Waals surface area contributed by atoms with Gasteiger partial charge < -0.3 is 5.73 Å². The number of hydrogen-bond acceptors (Lipinski definition) is 3. The van der Waals surface area contributed by atoms with Crippen LogP contribution in [-0.4, -0.2) is 10.8 Å². The summed E-state index contributed by atoms with van der Waals surface area (Å²) >= 11 is 0. The standard InChI is InChI=1S/C26H30N2O/c1-3-17-6-5-7-23(22(17)4-2)18-10-12-20(13-11-18)26(29)25-24(19-8-9-19)15-14-21(16-27)28-25/h3-7,14-15,18-20H,1-2,8-13,16,27H2. The van der Waals surface area contributed by atoms with Crippen molar-refractivity contribution < 1.29 is 4.79 Å². The molecular weight excluding hydrogens is 356 g/mol. The quantitative estimate of drug-likeness (QED) is 0.606. The Morgan fingerprint density at radius 1 is 0.966 bits per heavy atom. The second-order valence-electron chi connectivity index (χ2n) is 8.39. The Hall–Kier alpha value is -2.52. The fourth-order valence-electron chi connectivity index (χ4n) is 4.78. The van der Waals surface area contributed by atoms with Gasteiger partial charge in [-0.15, -0.1) is 0 Å². The van der Waals surface area contributed by atoms with E-state index in [-0.39, 0.29) is 11.7 Å². The highest BCUT2D eigenvalue weighted by Crippen LogP contribution is 2.43. The van der Waals surface area contributed by atoms with Gasteiger partial charge in [0.1, 0.15) is 5.69 Å². The first-order valence-electron chi connectivity index (χ1n) is 10.8. The molecular formula is C26H30N2O. The van der Waals surface area contributed by atoms with Crippen LogP contribution < -0.4 is 5.73 Å². The van der Waals surface area contributed by atoms with Crippen LogP contribution in [0, 0.1) is 5.92 Å². The number of aromatic nitrogens is 1. The Balaban J connectivity index is 1.51. The van der Waals surface area contributed by atoms with Gasteiger partial charge in [-0.1, -0.05) is 49.6 Å². The molecule has 3 nitrogen and oxygen atoms in total. The van der Waals surface area contributed by atoms with Crippen molar-refractivity contribution in [3.8, 4) is 0 Å². The molecule has 2 aliphatic carbocycles. The number of carbonyl (C=O) groups excluding carboxylic acids is 1. The highest BCUT2D eigenvalue weighted by atomic mass is 16.1. The normalized spacial score (nSPS) is 21.6. The lowest BCUT2D eigenvalue weighted by molar-refractivity contribution is 0.0877. The molecule has 1 aromatic carbocycles. The van der Waals surface area contributed by atoms with Gasteiger partial charge in [0.2, 0.25) is 0 Å². The van der Waals surface area contributed by atoms with Crippen LogP contribution in [0.4, 0.5) is 0 Å². The van der Waals surface area contributed by atoms with E-state index in [2.05, 4.69) is 42.4 Å². The minimum atomic E-state index is 0.0686. The summed E-state index contributed by atoms with van der Waals surface area (Å²) in [5.74, 6) is 1.28. The van der Waals surface area contributed by atoms with E-state index in [4.69, 9.17) is 5.73 Å². The molecule has 0 unspecified atom stereocenters. The van der Waals surface area contributed by atoms with E-state index in [9.17, 15) is 4.79 Å². The minimum Gasteiger partial charge on any atom is -0.325 e. The van der Waals surface area contributed by atoms with Crippen molar-refractivity contribution in [2.75, 3.05) is 0 Å². The lowest BCUT2D eigenvalue weighted by Gasteiger charge is -2.29. The molecule has 2 aliphatic rings. The van der Waals surface area contributed by atoms with Gasteiger partial charge in [0.05, 0.1) is 5.69 Å².